The minimum Gasteiger partial charge on any atom is -0.504 e. The molecular formula is C11H15NO4. The molecule has 2 unspecified atom stereocenters. The topological polar surface area (TPSA) is 104 Å². The van der Waals surface area contributed by atoms with Crippen molar-refractivity contribution in [2.75, 3.05) is 0 Å². The quantitative estimate of drug-likeness (QED) is 0.572. The monoisotopic (exact) mass is 225 g/mol. The van der Waals surface area contributed by atoms with Crippen LogP contribution in [0, 0.1) is 0 Å². The maximum atomic E-state index is 10.8. The summed E-state index contributed by atoms with van der Waals surface area (Å²) in [6.07, 6.45) is 0.539. The number of nitrogens with two attached hydrogens (primary N) is 1. The van der Waals surface area contributed by atoms with Crippen LogP contribution in [-0.2, 0) is 4.79 Å². The van der Waals surface area contributed by atoms with Crippen molar-refractivity contribution in [1.82, 2.24) is 0 Å². The Kier molecular flexibility index (Phi) is 3.73. The summed E-state index contributed by atoms with van der Waals surface area (Å²) in [6.45, 7) is 1.82. The summed E-state index contributed by atoms with van der Waals surface area (Å²) in [4.78, 5) is 10.8. The Bertz CT molecular complexity index is 392. The zero-order valence-corrected chi connectivity index (χ0v) is 8.92. The molecule has 5 heteroatoms. The number of carboxylic acids is 1. The molecular weight excluding hydrogens is 210 g/mol. The van der Waals surface area contributed by atoms with Gasteiger partial charge in [0.15, 0.2) is 11.5 Å². The van der Waals surface area contributed by atoms with Gasteiger partial charge < -0.3 is 21.1 Å². The number of carboxylic acid groups (broad SMARTS) is 1. The molecule has 0 aromatic heterocycles. The third-order valence-corrected chi connectivity index (χ3v) is 2.59. The van der Waals surface area contributed by atoms with Crippen LogP contribution in [0.3, 0.4) is 0 Å². The Morgan fingerprint density at radius 3 is 2.44 bits per heavy atom. The van der Waals surface area contributed by atoms with Gasteiger partial charge in [-0.25, -0.2) is 0 Å². The molecule has 5 nitrogen and oxygen atoms in total. The second kappa shape index (κ2) is 4.85. The lowest BCUT2D eigenvalue weighted by molar-refractivity contribution is -0.139. The van der Waals surface area contributed by atoms with E-state index in [2.05, 4.69) is 0 Å². The maximum Gasteiger partial charge on any atom is 0.321 e. The zero-order valence-electron chi connectivity index (χ0n) is 8.92. The average Bonchev–Trinajstić information content (AvgIpc) is 2.24. The Hall–Kier alpha value is -1.75. The minimum absolute atomic E-state index is 0.234. The van der Waals surface area contributed by atoms with Gasteiger partial charge in [-0.3, -0.25) is 4.79 Å². The van der Waals surface area contributed by atoms with Gasteiger partial charge in [0, 0.05) is 5.92 Å². The van der Waals surface area contributed by atoms with Crippen LogP contribution in [0.25, 0.3) is 0 Å². The van der Waals surface area contributed by atoms with Gasteiger partial charge in [-0.15, -0.1) is 0 Å². The largest absolute Gasteiger partial charge is 0.504 e. The normalized spacial score (nSPS) is 14.4. The van der Waals surface area contributed by atoms with Crippen LogP contribution in [-0.4, -0.2) is 27.3 Å². The van der Waals surface area contributed by atoms with Crippen molar-refractivity contribution in [2.24, 2.45) is 5.73 Å². The van der Waals surface area contributed by atoms with Crippen LogP contribution >= 0.6 is 0 Å². The summed E-state index contributed by atoms with van der Waals surface area (Å²) in [5, 5.41) is 27.3. The smallest absolute Gasteiger partial charge is 0.321 e. The zero-order chi connectivity index (χ0) is 12.3. The van der Waals surface area contributed by atoms with E-state index >= 15 is 0 Å². The van der Waals surface area contributed by atoms with Crippen LogP contribution in [0.15, 0.2) is 18.2 Å². The lowest BCUT2D eigenvalue weighted by Crippen LogP contribution is -2.36. The first-order chi connectivity index (χ1) is 7.47. The SMILES string of the molecule is CCC(c1ccc(O)c(O)c1)C(N)C(=O)O. The molecule has 5 N–H and O–H groups in total. The van der Waals surface area contributed by atoms with E-state index < -0.39 is 12.0 Å². The summed E-state index contributed by atoms with van der Waals surface area (Å²) in [5.74, 6) is -1.97. The van der Waals surface area contributed by atoms with Gasteiger partial charge in [0.2, 0.25) is 0 Å². The fraction of sp³-hybridized carbons (Fsp3) is 0.364. The van der Waals surface area contributed by atoms with Crippen molar-refractivity contribution in [3.05, 3.63) is 23.8 Å². The number of benzene rings is 1. The highest BCUT2D eigenvalue weighted by Crippen LogP contribution is 2.31. The van der Waals surface area contributed by atoms with Crippen LogP contribution in [0.5, 0.6) is 11.5 Å². The fourth-order valence-corrected chi connectivity index (χ4v) is 1.64. The van der Waals surface area contributed by atoms with Gasteiger partial charge in [0.1, 0.15) is 6.04 Å². The van der Waals surface area contributed by atoms with Crippen molar-refractivity contribution in [2.45, 2.75) is 25.3 Å². The second-order valence-corrected chi connectivity index (χ2v) is 3.63. The standard InChI is InChI=1S/C11H15NO4/c1-2-7(10(12)11(15)16)6-3-4-8(13)9(14)5-6/h3-5,7,10,13-14H,2,12H2,1H3,(H,15,16). The van der Waals surface area contributed by atoms with Crippen LogP contribution in [0.2, 0.25) is 0 Å². The summed E-state index contributed by atoms with van der Waals surface area (Å²) >= 11 is 0. The van der Waals surface area contributed by atoms with E-state index in [0.29, 0.717) is 12.0 Å². The van der Waals surface area contributed by atoms with Crippen LogP contribution in [0.4, 0.5) is 0 Å². The molecule has 0 aliphatic rings. The fourth-order valence-electron chi connectivity index (χ4n) is 1.64. The summed E-state index contributed by atoms with van der Waals surface area (Å²) < 4.78 is 0. The number of hydrogen-bond donors (Lipinski definition) is 4. The number of aromatic hydroxyl groups is 2. The Balaban J connectivity index is 3.04. The molecule has 0 spiro atoms. The number of phenols is 2. The van der Waals surface area contributed by atoms with Crippen molar-refractivity contribution < 1.29 is 20.1 Å². The van der Waals surface area contributed by atoms with Crippen LogP contribution < -0.4 is 5.73 Å². The number of rotatable bonds is 4. The number of carbonyl (C=O) groups is 1. The van der Waals surface area contributed by atoms with Crippen molar-refractivity contribution in [3.63, 3.8) is 0 Å². The molecule has 0 fully saturated rings. The summed E-state index contributed by atoms with van der Waals surface area (Å²) in [5.41, 5.74) is 6.15. The molecule has 0 amide bonds. The van der Waals surface area contributed by atoms with Gasteiger partial charge in [-0.1, -0.05) is 13.0 Å². The molecule has 1 aromatic rings. The van der Waals surface area contributed by atoms with Crippen molar-refractivity contribution in [3.8, 4) is 11.5 Å². The van der Waals surface area contributed by atoms with Gasteiger partial charge in [-0.2, -0.15) is 0 Å². The molecule has 0 radical (unpaired) electrons. The number of phenolic OH excluding ortho intramolecular Hbond substituents is 2. The van der Waals surface area contributed by atoms with E-state index in [1.54, 1.807) is 6.07 Å². The number of aliphatic carboxylic acids is 1. The Morgan fingerprint density at radius 2 is 2.00 bits per heavy atom. The molecule has 0 heterocycles. The van der Waals surface area contributed by atoms with E-state index in [9.17, 15) is 9.90 Å². The van der Waals surface area contributed by atoms with E-state index in [4.69, 9.17) is 15.9 Å². The highest BCUT2D eigenvalue weighted by atomic mass is 16.4. The molecule has 0 saturated heterocycles. The molecule has 88 valence electrons. The van der Waals surface area contributed by atoms with Crippen molar-refractivity contribution in [1.29, 1.82) is 0 Å². The van der Waals surface area contributed by atoms with Crippen molar-refractivity contribution >= 4 is 5.97 Å². The third-order valence-electron chi connectivity index (χ3n) is 2.59. The lowest BCUT2D eigenvalue weighted by Gasteiger charge is -2.19. The summed E-state index contributed by atoms with van der Waals surface area (Å²) in [7, 11) is 0. The number of hydrogen-bond acceptors (Lipinski definition) is 4. The van der Waals surface area contributed by atoms with Gasteiger partial charge in [0.05, 0.1) is 0 Å². The van der Waals surface area contributed by atoms with E-state index in [0.717, 1.165) is 0 Å². The average molecular weight is 225 g/mol. The first-order valence-corrected chi connectivity index (χ1v) is 4.97. The Labute approximate surface area is 93.1 Å². The van der Waals surface area contributed by atoms with E-state index in [-0.39, 0.29) is 17.4 Å². The second-order valence-electron chi connectivity index (χ2n) is 3.63. The third kappa shape index (κ3) is 2.43. The highest BCUT2D eigenvalue weighted by Gasteiger charge is 2.24. The van der Waals surface area contributed by atoms with E-state index in [1.807, 2.05) is 6.92 Å². The molecule has 0 aliphatic heterocycles. The predicted molar refractivity (Wildman–Crippen MR) is 58.4 cm³/mol. The van der Waals surface area contributed by atoms with Gasteiger partial charge in [0.25, 0.3) is 0 Å². The summed E-state index contributed by atoms with van der Waals surface area (Å²) in [6, 6.07) is 3.20. The molecule has 1 aromatic carbocycles. The van der Waals surface area contributed by atoms with Gasteiger partial charge >= 0.3 is 5.97 Å². The molecule has 0 saturated carbocycles. The van der Waals surface area contributed by atoms with Gasteiger partial charge in [-0.05, 0) is 24.1 Å². The minimum atomic E-state index is -1.08. The molecule has 0 bridgehead atoms. The highest BCUT2D eigenvalue weighted by molar-refractivity contribution is 5.74. The van der Waals surface area contributed by atoms with Crippen LogP contribution in [0.1, 0.15) is 24.8 Å². The molecule has 0 aliphatic carbocycles. The predicted octanol–water partition coefficient (Wildman–Crippen LogP) is 1.00. The lowest BCUT2D eigenvalue weighted by atomic mass is 9.89. The Morgan fingerprint density at radius 1 is 1.38 bits per heavy atom. The molecule has 1 rings (SSSR count). The van der Waals surface area contributed by atoms with E-state index in [1.165, 1.54) is 12.1 Å². The maximum absolute atomic E-state index is 10.8. The first kappa shape index (κ1) is 12.3. The first-order valence-electron chi connectivity index (χ1n) is 4.97. The molecule has 2 atom stereocenters. The molecule has 16 heavy (non-hydrogen) atoms.